The van der Waals surface area contributed by atoms with Gasteiger partial charge in [0.15, 0.2) is 0 Å². The molecule has 0 aromatic carbocycles. The first-order valence-corrected chi connectivity index (χ1v) is 2.49. The Morgan fingerprint density at radius 2 is 2.29 bits per heavy atom. The smallest absolute Gasteiger partial charge is 0.120 e. The van der Waals surface area contributed by atoms with E-state index in [-0.39, 0.29) is 5.41 Å². The molecule has 1 rings (SSSR count). The summed E-state index contributed by atoms with van der Waals surface area (Å²) < 4.78 is 0. The molecule has 0 N–H and O–H groups in total. The molecule has 1 heteroatoms. The Balaban J connectivity index is 2.55. The molecule has 38 valence electrons. The van der Waals surface area contributed by atoms with Crippen molar-refractivity contribution in [3.63, 3.8) is 0 Å². The molecule has 0 aromatic heterocycles. The van der Waals surface area contributed by atoms with Gasteiger partial charge in [-0.25, -0.2) is 4.79 Å². The van der Waals surface area contributed by atoms with Crippen LogP contribution in [0.25, 0.3) is 0 Å². The Labute approximate surface area is 43.0 Å². The molecule has 0 amide bonds. The van der Waals surface area contributed by atoms with Crippen LogP contribution in [0.1, 0.15) is 19.8 Å². The Hall–Kier alpha value is -0.550. The van der Waals surface area contributed by atoms with Gasteiger partial charge in [0.1, 0.15) is 5.94 Å². The van der Waals surface area contributed by atoms with Gasteiger partial charge in [0.2, 0.25) is 0 Å². The van der Waals surface area contributed by atoms with Crippen molar-refractivity contribution in [2.45, 2.75) is 19.8 Å². The number of allylic oxidation sites excluding steroid dienone is 1. The highest BCUT2D eigenvalue weighted by Crippen LogP contribution is 2.45. The van der Waals surface area contributed by atoms with Crippen LogP contribution in [0.4, 0.5) is 0 Å². The molecule has 0 aliphatic heterocycles. The van der Waals surface area contributed by atoms with Gasteiger partial charge in [-0.2, -0.15) is 0 Å². The van der Waals surface area contributed by atoms with Crippen molar-refractivity contribution in [3.8, 4) is 0 Å². The minimum Gasteiger partial charge on any atom is -0.234 e. The van der Waals surface area contributed by atoms with Crippen LogP contribution in [0.5, 0.6) is 0 Å². The molecule has 1 aliphatic rings. The first kappa shape index (κ1) is 4.61. The molecule has 1 nitrogen and oxygen atoms in total. The highest BCUT2D eigenvalue weighted by molar-refractivity contribution is 5.48. The average Bonchev–Trinajstić information content (AvgIpc) is 2.22. The van der Waals surface area contributed by atoms with E-state index < -0.39 is 0 Å². The van der Waals surface area contributed by atoms with Crippen molar-refractivity contribution >= 4 is 5.94 Å². The van der Waals surface area contributed by atoms with E-state index in [0.29, 0.717) is 0 Å². The summed E-state index contributed by atoms with van der Waals surface area (Å²) in [6.07, 6.45) is 3.96. The third-order valence-corrected chi connectivity index (χ3v) is 1.45. The highest BCUT2D eigenvalue weighted by Gasteiger charge is 2.34. The zero-order chi connectivity index (χ0) is 5.33. The largest absolute Gasteiger partial charge is 0.234 e. The van der Waals surface area contributed by atoms with E-state index in [1.165, 1.54) is 12.8 Å². The van der Waals surface area contributed by atoms with Gasteiger partial charge in [-0.3, -0.25) is 0 Å². The third kappa shape index (κ3) is 0.908. The molecule has 0 bridgehead atoms. The minimum absolute atomic E-state index is 0.252. The van der Waals surface area contributed by atoms with E-state index in [1.807, 2.05) is 0 Å². The van der Waals surface area contributed by atoms with E-state index in [4.69, 9.17) is 0 Å². The van der Waals surface area contributed by atoms with E-state index >= 15 is 0 Å². The van der Waals surface area contributed by atoms with Crippen molar-refractivity contribution in [1.29, 1.82) is 0 Å². The predicted octanol–water partition coefficient (Wildman–Crippen LogP) is 1.17. The zero-order valence-electron chi connectivity index (χ0n) is 4.40. The van der Waals surface area contributed by atoms with Gasteiger partial charge in [0.05, 0.1) is 0 Å². The summed E-state index contributed by atoms with van der Waals surface area (Å²) in [4.78, 5) is 9.68. The minimum atomic E-state index is 0.252. The first-order valence-electron chi connectivity index (χ1n) is 2.49. The van der Waals surface area contributed by atoms with Gasteiger partial charge in [0.25, 0.3) is 0 Å². The molecule has 0 atom stereocenters. The van der Waals surface area contributed by atoms with Crippen molar-refractivity contribution in [1.82, 2.24) is 0 Å². The maximum absolute atomic E-state index is 9.68. The highest BCUT2D eigenvalue weighted by atomic mass is 16.1. The number of carbonyl (C=O) groups excluding carboxylic acids is 1. The third-order valence-electron chi connectivity index (χ3n) is 1.45. The second-order valence-corrected chi connectivity index (χ2v) is 2.42. The van der Waals surface area contributed by atoms with Crippen molar-refractivity contribution in [2.75, 3.05) is 0 Å². The Morgan fingerprint density at radius 1 is 1.71 bits per heavy atom. The predicted molar refractivity (Wildman–Crippen MR) is 27.6 cm³/mol. The van der Waals surface area contributed by atoms with Gasteiger partial charge in [0, 0.05) is 6.08 Å². The molecule has 1 saturated carbocycles. The van der Waals surface area contributed by atoms with Crippen LogP contribution in [-0.4, -0.2) is 5.94 Å². The van der Waals surface area contributed by atoms with Gasteiger partial charge in [-0.1, -0.05) is 6.92 Å². The van der Waals surface area contributed by atoms with Crippen LogP contribution < -0.4 is 0 Å². The van der Waals surface area contributed by atoms with E-state index in [1.54, 1.807) is 12.0 Å². The molecule has 7 heavy (non-hydrogen) atoms. The van der Waals surface area contributed by atoms with Crippen LogP contribution in [0.15, 0.2) is 6.08 Å². The maximum atomic E-state index is 9.68. The Morgan fingerprint density at radius 3 is 2.43 bits per heavy atom. The quantitative estimate of drug-likeness (QED) is 0.448. The van der Waals surface area contributed by atoms with Crippen molar-refractivity contribution < 1.29 is 4.79 Å². The van der Waals surface area contributed by atoms with Gasteiger partial charge < -0.3 is 0 Å². The normalized spacial score (nSPS) is 23.0. The van der Waals surface area contributed by atoms with Crippen LogP contribution in [-0.2, 0) is 4.79 Å². The fourth-order valence-corrected chi connectivity index (χ4v) is 0.484. The standard InChI is InChI=1S/C6H8O/c1-6(2-3-6)4-5-7/h4H,2-3H2,1H3. The number of rotatable bonds is 1. The van der Waals surface area contributed by atoms with Crippen LogP contribution in [0.2, 0.25) is 0 Å². The summed E-state index contributed by atoms with van der Waals surface area (Å²) in [6, 6.07) is 0. The van der Waals surface area contributed by atoms with E-state index in [2.05, 4.69) is 6.92 Å². The van der Waals surface area contributed by atoms with Crippen molar-refractivity contribution in [3.05, 3.63) is 6.08 Å². The van der Waals surface area contributed by atoms with Crippen molar-refractivity contribution in [2.24, 2.45) is 5.41 Å². The maximum Gasteiger partial charge on any atom is 0.120 e. The fraction of sp³-hybridized carbons (Fsp3) is 0.667. The first-order chi connectivity index (χ1) is 3.27. The van der Waals surface area contributed by atoms with E-state index in [0.717, 1.165) is 0 Å². The molecule has 0 radical (unpaired) electrons. The second-order valence-electron chi connectivity index (χ2n) is 2.42. The average molecular weight is 96.1 g/mol. The summed E-state index contributed by atoms with van der Waals surface area (Å²) in [5.74, 6) is 1.80. The molecule has 0 heterocycles. The monoisotopic (exact) mass is 96.1 g/mol. The van der Waals surface area contributed by atoms with Crippen LogP contribution in [0, 0.1) is 5.41 Å². The van der Waals surface area contributed by atoms with Gasteiger partial charge in [-0.05, 0) is 18.3 Å². The molecular formula is C6H8O. The van der Waals surface area contributed by atoms with Gasteiger partial charge in [-0.15, -0.1) is 0 Å². The summed E-state index contributed by atoms with van der Waals surface area (Å²) in [5.41, 5.74) is 0.252. The molecule has 1 aliphatic carbocycles. The fourth-order valence-electron chi connectivity index (χ4n) is 0.484. The lowest BCUT2D eigenvalue weighted by Gasteiger charge is -1.88. The number of hydrogen-bond donors (Lipinski definition) is 0. The molecule has 0 saturated heterocycles. The molecule has 0 spiro atoms. The SMILES string of the molecule is CC1(C=C=O)CC1. The molecular weight excluding hydrogens is 88.1 g/mol. The second kappa shape index (κ2) is 1.21. The lowest BCUT2D eigenvalue weighted by atomic mass is 10.1. The van der Waals surface area contributed by atoms with Gasteiger partial charge >= 0.3 is 0 Å². The lowest BCUT2D eigenvalue weighted by Crippen LogP contribution is -1.82. The summed E-state index contributed by atoms with van der Waals surface area (Å²) in [6.45, 7) is 2.07. The molecule has 0 aromatic rings. The van der Waals surface area contributed by atoms with Crippen LogP contribution in [0.3, 0.4) is 0 Å². The molecule has 1 fully saturated rings. The molecule has 0 unspecified atom stereocenters. The Kier molecular flexibility index (Phi) is 0.795. The zero-order valence-corrected chi connectivity index (χ0v) is 4.40. The number of hydrogen-bond acceptors (Lipinski definition) is 1. The lowest BCUT2D eigenvalue weighted by molar-refractivity contribution is 0.565. The Bertz CT molecular complexity index is 116. The van der Waals surface area contributed by atoms with Crippen LogP contribution >= 0.6 is 0 Å². The topological polar surface area (TPSA) is 17.1 Å². The summed E-state index contributed by atoms with van der Waals surface area (Å²) in [7, 11) is 0. The van der Waals surface area contributed by atoms with E-state index in [9.17, 15) is 4.79 Å². The summed E-state index contributed by atoms with van der Waals surface area (Å²) >= 11 is 0. The summed E-state index contributed by atoms with van der Waals surface area (Å²) in [5, 5.41) is 0.